The molecule has 96 valence electrons. The van der Waals surface area contributed by atoms with E-state index in [9.17, 15) is 4.39 Å². The molecule has 0 aliphatic rings. The first-order valence-corrected chi connectivity index (χ1v) is 5.71. The minimum absolute atomic E-state index is 0.272. The van der Waals surface area contributed by atoms with Crippen LogP contribution >= 0.6 is 0 Å². The van der Waals surface area contributed by atoms with Gasteiger partial charge in [-0.2, -0.15) is 5.10 Å². The molecule has 2 N–H and O–H groups in total. The SMILES string of the molecule is CN(C)Cc1nn(C)c(N)c1-c1cccc(F)c1. The minimum Gasteiger partial charge on any atom is -0.383 e. The highest BCUT2D eigenvalue weighted by molar-refractivity contribution is 5.76. The Bertz CT molecular complexity index is 560. The van der Waals surface area contributed by atoms with Crippen LogP contribution in [-0.4, -0.2) is 28.8 Å². The summed E-state index contributed by atoms with van der Waals surface area (Å²) in [6.45, 7) is 0.664. The molecule has 0 aliphatic carbocycles. The molecule has 4 nitrogen and oxygen atoms in total. The summed E-state index contributed by atoms with van der Waals surface area (Å²) in [5, 5.41) is 4.38. The Morgan fingerprint density at radius 1 is 1.39 bits per heavy atom. The number of aromatic nitrogens is 2. The Labute approximate surface area is 106 Å². The number of nitrogen functional groups attached to an aromatic ring is 1. The van der Waals surface area contributed by atoms with Crippen molar-refractivity contribution >= 4 is 5.82 Å². The second-order valence-corrected chi connectivity index (χ2v) is 4.58. The number of halogens is 1. The van der Waals surface area contributed by atoms with E-state index in [-0.39, 0.29) is 5.82 Å². The fourth-order valence-electron chi connectivity index (χ4n) is 1.96. The topological polar surface area (TPSA) is 47.1 Å². The van der Waals surface area contributed by atoms with E-state index >= 15 is 0 Å². The zero-order chi connectivity index (χ0) is 13.3. The summed E-state index contributed by atoms with van der Waals surface area (Å²) in [5.74, 6) is 0.281. The largest absolute Gasteiger partial charge is 0.383 e. The molecular formula is C13H17FN4. The number of anilines is 1. The van der Waals surface area contributed by atoms with Gasteiger partial charge in [0.15, 0.2) is 0 Å². The van der Waals surface area contributed by atoms with Gasteiger partial charge >= 0.3 is 0 Å². The Morgan fingerprint density at radius 2 is 2.11 bits per heavy atom. The van der Waals surface area contributed by atoms with Gasteiger partial charge in [0.1, 0.15) is 11.6 Å². The van der Waals surface area contributed by atoms with E-state index in [1.165, 1.54) is 12.1 Å². The van der Waals surface area contributed by atoms with Crippen LogP contribution in [0.25, 0.3) is 11.1 Å². The highest BCUT2D eigenvalue weighted by Gasteiger charge is 2.16. The highest BCUT2D eigenvalue weighted by Crippen LogP contribution is 2.30. The number of hydrogen-bond donors (Lipinski definition) is 1. The van der Waals surface area contributed by atoms with Crippen LogP contribution in [0, 0.1) is 5.82 Å². The monoisotopic (exact) mass is 248 g/mol. The lowest BCUT2D eigenvalue weighted by atomic mass is 10.1. The van der Waals surface area contributed by atoms with Crippen molar-refractivity contribution in [3.05, 3.63) is 35.8 Å². The minimum atomic E-state index is -0.272. The Hall–Kier alpha value is -1.88. The summed E-state index contributed by atoms with van der Waals surface area (Å²) in [6, 6.07) is 6.42. The van der Waals surface area contributed by atoms with Crippen molar-refractivity contribution < 1.29 is 4.39 Å². The van der Waals surface area contributed by atoms with Crippen LogP contribution in [0.4, 0.5) is 10.2 Å². The third-order valence-corrected chi connectivity index (χ3v) is 2.74. The van der Waals surface area contributed by atoms with E-state index in [0.29, 0.717) is 12.4 Å². The smallest absolute Gasteiger partial charge is 0.129 e. The van der Waals surface area contributed by atoms with Crippen molar-refractivity contribution in [3.8, 4) is 11.1 Å². The Balaban J connectivity index is 2.55. The summed E-state index contributed by atoms with van der Waals surface area (Å²) >= 11 is 0. The maximum absolute atomic E-state index is 13.3. The molecule has 1 aromatic carbocycles. The molecule has 0 fully saturated rings. The number of rotatable bonds is 3. The predicted octanol–water partition coefficient (Wildman–Crippen LogP) is 1.87. The molecule has 2 aromatic rings. The third-order valence-electron chi connectivity index (χ3n) is 2.74. The number of benzene rings is 1. The zero-order valence-electron chi connectivity index (χ0n) is 10.8. The van der Waals surface area contributed by atoms with Crippen molar-refractivity contribution in [3.63, 3.8) is 0 Å². The summed E-state index contributed by atoms with van der Waals surface area (Å²) in [6.07, 6.45) is 0. The van der Waals surface area contributed by atoms with Crippen LogP contribution in [-0.2, 0) is 13.6 Å². The fraction of sp³-hybridized carbons (Fsp3) is 0.308. The molecule has 1 heterocycles. The molecule has 0 bridgehead atoms. The maximum atomic E-state index is 13.3. The van der Waals surface area contributed by atoms with Gasteiger partial charge in [0.05, 0.1) is 5.69 Å². The molecule has 18 heavy (non-hydrogen) atoms. The van der Waals surface area contributed by atoms with Crippen molar-refractivity contribution in [2.24, 2.45) is 7.05 Å². The van der Waals surface area contributed by atoms with E-state index in [1.807, 2.05) is 25.1 Å². The predicted molar refractivity (Wildman–Crippen MR) is 70.4 cm³/mol. The van der Waals surface area contributed by atoms with Crippen LogP contribution in [0.3, 0.4) is 0 Å². The van der Waals surface area contributed by atoms with Crippen molar-refractivity contribution in [2.45, 2.75) is 6.54 Å². The third kappa shape index (κ3) is 2.36. The first kappa shape index (κ1) is 12.6. The van der Waals surface area contributed by atoms with E-state index in [0.717, 1.165) is 16.8 Å². The van der Waals surface area contributed by atoms with Gasteiger partial charge in [-0.1, -0.05) is 12.1 Å². The van der Waals surface area contributed by atoms with E-state index < -0.39 is 0 Å². The lowest BCUT2D eigenvalue weighted by Crippen LogP contribution is -2.12. The summed E-state index contributed by atoms with van der Waals surface area (Å²) < 4.78 is 14.9. The fourth-order valence-corrected chi connectivity index (χ4v) is 1.96. The molecule has 2 rings (SSSR count). The van der Waals surface area contributed by atoms with Gasteiger partial charge in [0, 0.05) is 19.2 Å². The Kier molecular flexibility index (Phi) is 3.34. The normalized spacial score (nSPS) is 11.2. The van der Waals surface area contributed by atoms with Crippen LogP contribution in [0.5, 0.6) is 0 Å². The molecule has 0 spiro atoms. The molecule has 0 amide bonds. The summed E-state index contributed by atoms with van der Waals surface area (Å²) in [7, 11) is 5.71. The average molecular weight is 248 g/mol. The van der Waals surface area contributed by atoms with Gasteiger partial charge in [-0.3, -0.25) is 4.68 Å². The number of aryl methyl sites for hydroxylation is 1. The van der Waals surface area contributed by atoms with Gasteiger partial charge < -0.3 is 10.6 Å². The second kappa shape index (κ2) is 4.78. The van der Waals surface area contributed by atoms with Gasteiger partial charge in [0.2, 0.25) is 0 Å². The molecular weight excluding hydrogens is 231 g/mol. The maximum Gasteiger partial charge on any atom is 0.129 e. The van der Waals surface area contributed by atoms with Crippen LogP contribution in [0.1, 0.15) is 5.69 Å². The van der Waals surface area contributed by atoms with Gasteiger partial charge in [-0.25, -0.2) is 4.39 Å². The molecule has 0 unspecified atom stereocenters. The lowest BCUT2D eigenvalue weighted by molar-refractivity contribution is 0.395. The molecule has 0 saturated carbocycles. The van der Waals surface area contributed by atoms with Crippen molar-refractivity contribution in [2.75, 3.05) is 19.8 Å². The van der Waals surface area contributed by atoms with Gasteiger partial charge in [-0.15, -0.1) is 0 Å². The zero-order valence-corrected chi connectivity index (χ0v) is 10.8. The summed E-state index contributed by atoms with van der Waals surface area (Å²) in [4.78, 5) is 2.00. The van der Waals surface area contributed by atoms with Crippen LogP contribution in [0.2, 0.25) is 0 Å². The number of hydrogen-bond acceptors (Lipinski definition) is 3. The molecule has 0 aliphatic heterocycles. The average Bonchev–Trinajstić information content (AvgIpc) is 2.53. The van der Waals surface area contributed by atoms with Crippen molar-refractivity contribution in [1.29, 1.82) is 0 Å². The molecule has 0 saturated heterocycles. The molecule has 0 radical (unpaired) electrons. The first-order valence-electron chi connectivity index (χ1n) is 5.71. The quantitative estimate of drug-likeness (QED) is 0.902. The number of nitrogens with zero attached hydrogens (tertiary/aromatic N) is 3. The van der Waals surface area contributed by atoms with Crippen LogP contribution in [0.15, 0.2) is 24.3 Å². The molecule has 0 atom stereocenters. The molecule has 1 aromatic heterocycles. The van der Waals surface area contributed by atoms with Gasteiger partial charge in [-0.05, 0) is 31.8 Å². The Morgan fingerprint density at radius 3 is 2.72 bits per heavy atom. The van der Waals surface area contributed by atoms with Gasteiger partial charge in [0.25, 0.3) is 0 Å². The second-order valence-electron chi connectivity index (χ2n) is 4.58. The van der Waals surface area contributed by atoms with E-state index in [4.69, 9.17) is 5.73 Å². The molecule has 5 heteroatoms. The summed E-state index contributed by atoms with van der Waals surface area (Å²) in [5.41, 5.74) is 8.45. The van der Waals surface area contributed by atoms with E-state index in [2.05, 4.69) is 5.10 Å². The van der Waals surface area contributed by atoms with Crippen LogP contribution < -0.4 is 5.73 Å². The van der Waals surface area contributed by atoms with E-state index in [1.54, 1.807) is 17.8 Å². The van der Waals surface area contributed by atoms with Crippen molar-refractivity contribution in [1.82, 2.24) is 14.7 Å². The standard InChI is InChI=1S/C13H17FN4/c1-17(2)8-11-12(13(15)18(3)16-11)9-5-4-6-10(14)7-9/h4-7H,8,15H2,1-3H3. The lowest BCUT2D eigenvalue weighted by Gasteiger charge is -2.09. The number of nitrogens with two attached hydrogens (primary N) is 1. The first-order chi connectivity index (χ1) is 8.49. The highest BCUT2D eigenvalue weighted by atomic mass is 19.1.